The van der Waals surface area contributed by atoms with Crippen LogP contribution in [0.3, 0.4) is 0 Å². The largest absolute Gasteiger partial charge is 0.497 e. The Morgan fingerprint density at radius 1 is 1.50 bits per heavy atom. The van der Waals surface area contributed by atoms with Crippen molar-refractivity contribution >= 4 is 11.4 Å². The molecule has 1 atom stereocenters. The second-order valence-electron chi connectivity index (χ2n) is 4.11. The fourth-order valence-corrected chi connectivity index (χ4v) is 1.85. The number of rotatable bonds is 4. The number of hydrogen-bond acceptors (Lipinski definition) is 4. The molecule has 1 fully saturated rings. The molecule has 1 saturated heterocycles. The summed E-state index contributed by atoms with van der Waals surface area (Å²) < 4.78 is 10.5. The van der Waals surface area contributed by atoms with Gasteiger partial charge in [0.15, 0.2) is 0 Å². The Bertz CT molecular complexity index is 349. The van der Waals surface area contributed by atoms with Crippen LogP contribution in [0.15, 0.2) is 18.2 Å². The average Bonchev–Trinajstić information content (AvgIpc) is 2.78. The first-order chi connectivity index (χ1) is 7.78. The van der Waals surface area contributed by atoms with Crippen molar-refractivity contribution in [1.82, 2.24) is 0 Å². The fraction of sp³-hybridized carbons (Fsp3) is 0.500. The molecule has 88 valence electrons. The van der Waals surface area contributed by atoms with Crippen LogP contribution in [0.5, 0.6) is 5.75 Å². The Morgan fingerprint density at radius 2 is 2.38 bits per heavy atom. The van der Waals surface area contributed by atoms with Gasteiger partial charge in [0, 0.05) is 42.6 Å². The van der Waals surface area contributed by atoms with Crippen molar-refractivity contribution in [2.45, 2.75) is 6.42 Å². The van der Waals surface area contributed by atoms with E-state index in [2.05, 4.69) is 5.32 Å². The van der Waals surface area contributed by atoms with Crippen LogP contribution in [0.25, 0.3) is 0 Å². The van der Waals surface area contributed by atoms with Crippen LogP contribution in [0.4, 0.5) is 11.4 Å². The van der Waals surface area contributed by atoms with Gasteiger partial charge in [-0.15, -0.1) is 0 Å². The number of nitrogens with two attached hydrogens (primary N) is 1. The number of anilines is 2. The smallest absolute Gasteiger partial charge is 0.122 e. The molecule has 1 aromatic rings. The second-order valence-corrected chi connectivity index (χ2v) is 4.11. The molecular formula is C12H18N2O2. The van der Waals surface area contributed by atoms with Gasteiger partial charge in [-0.25, -0.2) is 0 Å². The van der Waals surface area contributed by atoms with Crippen LogP contribution in [0, 0.1) is 5.92 Å². The number of benzene rings is 1. The Morgan fingerprint density at radius 3 is 3.06 bits per heavy atom. The van der Waals surface area contributed by atoms with Crippen LogP contribution in [0.2, 0.25) is 0 Å². The molecule has 3 N–H and O–H groups in total. The summed E-state index contributed by atoms with van der Waals surface area (Å²) >= 11 is 0. The van der Waals surface area contributed by atoms with Gasteiger partial charge < -0.3 is 20.5 Å². The predicted octanol–water partition coefficient (Wildman–Crippen LogP) is 1.73. The van der Waals surface area contributed by atoms with Gasteiger partial charge in [0.2, 0.25) is 0 Å². The minimum absolute atomic E-state index is 0.604. The minimum Gasteiger partial charge on any atom is -0.497 e. The molecule has 0 spiro atoms. The molecule has 1 heterocycles. The molecule has 1 unspecified atom stereocenters. The lowest BCUT2D eigenvalue weighted by molar-refractivity contribution is 0.187. The summed E-state index contributed by atoms with van der Waals surface area (Å²) in [6, 6.07) is 5.67. The normalized spacial score (nSPS) is 19.7. The SMILES string of the molecule is COc1cc(N)cc(NCC2CCOC2)c1. The first-order valence-corrected chi connectivity index (χ1v) is 5.54. The van der Waals surface area contributed by atoms with E-state index in [0.29, 0.717) is 11.6 Å². The van der Waals surface area contributed by atoms with E-state index < -0.39 is 0 Å². The zero-order valence-electron chi connectivity index (χ0n) is 9.53. The summed E-state index contributed by atoms with van der Waals surface area (Å²) in [7, 11) is 1.64. The maximum atomic E-state index is 5.77. The van der Waals surface area contributed by atoms with E-state index in [-0.39, 0.29) is 0 Å². The van der Waals surface area contributed by atoms with Crippen molar-refractivity contribution in [3.05, 3.63) is 18.2 Å². The molecule has 0 saturated carbocycles. The second kappa shape index (κ2) is 5.07. The van der Waals surface area contributed by atoms with Gasteiger partial charge in [0.1, 0.15) is 5.75 Å². The van der Waals surface area contributed by atoms with Crippen LogP contribution < -0.4 is 15.8 Å². The maximum Gasteiger partial charge on any atom is 0.122 e. The molecule has 2 rings (SSSR count). The zero-order chi connectivity index (χ0) is 11.4. The molecule has 1 aliphatic rings. The predicted molar refractivity (Wildman–Crippen MR) is 64.8 cm³/mol. The highest BCUT2D eigenvalue weighted by Gasteiger charge is 2.15. The van der Waals surface area contributed by atoms with Gasteiger partial charge >= 0.3 is 0 Å². The van der Waals surface area contributed by atoms with Crippen LogP contribution in [-0.4, -0.2) is 26.9 Å². The highest BCUT2D eigenvalue weighted by atomic mass is 16.5. The first kappa shape index (κ1) is 11.1. The van der Waals surface area contributed by atoms with E-state index in [1.54, 1.807) is 7.11 Å². The minimum atomic E-state index is 0.604. The van der Waals surface area contributed by atoms with Crippen molar-refractivity contribution in [3.63, 3.8) is 0 Å². The Kier molecular flexibility index (Phi) is 3.51. The van der Waals surface area contributed by atoms with E-state index in [1.165, 1.54) is 0 Å². The van der Waals surface area contributed by atoms with Crippen LogP contribution >= 0.6 is 0 Å². The molecule has 0 aromatic heterocycles. The number of hydrogen-bond donors (Lipinski definition) is 2. The topological polar surface area (TPSA) is 56.5 Å². The third kappa shape index (κ3) is 2.79. The van der Waals surface area contributed by atoms with Gasteiger partial charge in [0.25, 0.3) is 0 Å². The van der Waals surface area contributed by atoms with Crippen molar-refractivity contribution in [2.75, 3.05) is 37.9 Å². The summed E-state index contributed by atoms with van der Waals surface area (Å²) in [6.07, 6.45) is 1.13. The average molecular weight is 222 g/mol. The first-order valence-electron chi connectivity index (χ1n) is 5.54. The monoisotopic (exact) mass is 222 g/mol. The Balaban J connectivity index is 1.94. The van der Waals surface area contributed by atoms with E-state index in [4.69, 9.17) is 15.2 Å². The molecule has 0 amide bonds. The highest BCUT2D eigenvalue weighted by Crippen LogP contribution is 2.23. The van der Waals surface area contributed by atoms with Crippen molar-refractivity contribution in [1.29, 1.82) is 0 Å². The summed E-state index contributed by atoms with van der Waals surface area (Å²) in [5.41, 5.74) is 7.49. The van der Waals surface area contributed by atoms with Crippen LogP contribution in [-0.2, 0) is 4.74 Å². The molecule has 0 radical (unpaired) electrons. The third-order valence-corrected chi connectivity index (χ3v) is 2.78. The third-order valence-electron chi connectivity index (χ3n) is 2.78. The van der Waals surface area contributed by atoms with E-state index in [1.807, 2.05) is 18.2 Å². The molecule has 1 aliphatic heterocycles. The number of nitrogen functional groups attached to an aromatic ring is 1. The lowest BCUT2D eigenvalue weighted by atomic mass is 10.1. The fourth-order valence-electron chi connectivity index (χ4n) is 1.85. The highest BCUT2D eigenvalue weighted by molar-refractivity contribution is 5.59. The number of ether oxygens (including phenoxy) is 2. The van der Waals surface area contributed by atoms with Gasteiger partial charge in [-0.1, -0.05) is 0 Å². The lowest BCUT2D eigenvalue weighted by Crippen LogP contribution is -2.14. The van der Waals surface area contributed by atoms with Gasteiger partial charge in [-0.2, -0.15) is 0 Å². The quantitative estimate of drug-likeness (QED) is 0.762. The standard InChI is InChI=1S/C12H18N2O2/c1-15-12-5-10(13)4-11(6-12)14-7-9-2-3-16-8-9/h4-6,9,14H,2-3,7-8,13H2,1H3. The Hall–Kier alpha value is -1.42. The summed E-state index contributed by atoms with van der Waals surface area (Å²) in [4.78, 5) is 0. The molecular weight excluding hydrogens is 204 g/mol. The number of methoxy groups -OCH3 is 1. The lowest BCUT2D eigenvalue weighted by Gasteiger charge is -2.12. The van der Waals surface area contributed by atoms with Gasteiger partial charge in [0.05, 0.1) is 13.7 Å². The molecule has 0 aliphatic carbocycles. The zero-order valence-corrected chi connectivity index (χ0v) is 9.53. The molecule has 1 aromatic carbocycles. The van der Waals surface area contributed by atoms with Crippen molar-refractivity contribution in [2.24, 2.45) is 5.92 Å². The molecule has 16 heavy (non-hydrogen) atoms. The Labute approximate surface area is 95.7 Å². The van der Waals surface area contributed by atoms with E-state index >= 15 is 0 Å². The number of nitrogens with one attached hydrogen (secondary N) is 1. The van der Waals surface area contributed by atoms with E-state index in [0.717, 1.165) is 37.6 Å². The summed E-state index contributed by atoms with van der Waals surface area (Å²) in [6.45, 7) is 2.66. The summed E-state index contributed by atoms with van der Waals surface area (Å²) in [5, 5.41) is 3.36. The molecule has 0 bridgehead atoms. The summed E-state index contributed by atoms with van der Waals surface area (Å²) in [5.74, 6) is 1.39. The van der Waals surface area contributed by atoms with Crippen molar-refractivity contribution in [3.8, 4) is 5.75 Å². The van der Waals surface area contributed by atoms with Gasteiger partial charge in [-0.3, -0.25) is 0 Å². The van der Waals surface area contributed by atoms with Gasteiger partial charge in [-0.05, 0) is 12.5 Å². The maximum absolute atomic E-state index is 5.77. The van der Waals surface area contributed by atoms with Crippen molar-refractivity contribution < 1.29 is 9.47 Å². The molecule has 4 heteroatoms. The van der Waals surface area contributed by atoms with Crippen LogP contribution in [0.1, 0.15) is 6.42 Å². The molecule has 4 nitrogen and oxygen atoms in total. The van der Waals surface area contributed by atoms with E-state index in [9.17, 15) is 0 Å².